The topological polar surface area (TPSA) is 82.6 Å². The van der Waals surface area contributed by atoms with Crippen LogP contribution in [0.3, 0.4) is 0 Å². The van der Waals surface area contributed by atoms with Gasteiger partial charge in [0.2, 0.25) is 10.0 Å². The molecule has 1 aliphatic carbocycles. The number of nitrogens with one attached hydrogen (secondary N) is 3. The summed E-state index contributed by atoms with van der Waals surface area (Å²) in [6.45, 7) is 4.65. The molecule has 0 heterocycles. The van der Waals surface area contributed by atoms with E-state index in [4.69, 9.17) is 4.99 Å². The first-order valence-corrected chi connectivity index (χ1v) is 11.3. The molecule has 3 N–H and O–H groups in total. The van der Waals surface area contributed by atoms with Crippen LogP contribution in [0.1, 0.15) is 31.7 Å². The Kier molecular flexibility index (Phi) is 9.84. The monoisotopic (exact) mass is 558 g/mol. The van der Waals surface area contributed by atoms with E-state index in [0.29, 0.717) is 19.5 Å². The van der Waals surface area contributed by atoms with Gasteiger partial charge < -0.3 is 10.6 Å². The second-order valence-corrected chi connectivity index (χ2v) is 9.09. The van der Waals surface area contributed by atoms with Crippen LogP contribution >= 0.6 is 39.9 Å². The third-order valence-corrected chi connectivity index (χ3v) is 5.61. The quantitative estimate of drug-likeness (QED) is 0.188. The SMILES string of the molecule is CCNC(=NCC1(c2ccccc2Br)CC1)NCCCNS(C)(=O)=O.I. The second-order valence-electron chi connectivity index (χ2n) is 6.40. The average Bonchev–Trinajstić information content (AvgIpc) is 3.32. The largest absolute Gasteiger partial charge is 0.357 e. The second kappa shape index (κ2) is 10.8. The summed E-state index contributed by atoms with van der Waals surface area (Å²) >= 11 is 3.65. The molecule has 9 heteroatoms. The molecule has 1 saturated carbocycles. The Morgan fingerprint density at radius 2 is 1.92 bits per heavy atom. The maximum absolute atomic E-state index is 11.0. The van der Waals surface area contributed by atoms with Crippen molar-refractivity contribution in [3.63, 3.8) is 0 Å². The Hall–Kier alpha value is -0.390. The highest BCUT2D eigenvalue weighted by molar-refractivity contribution is 14.0. The van der Waals surface area contributed by atoms with Crippen LogP contribution in [0, 0.1) is 0 Å². The zero-order valence-corrected chi connectivity index (χ0v) is 20.0. The maximum atomic E-state index is 11.0. The van der Waals surface area contributed by atoms with Gasteiger partial charge in [-0.15, -0.1) is 24.0 Å². The number of hydrogen-bond acceptors (Lipinski definition) is 3. The van der Waals surface area contributed by atoms with E-state index < -0.39 is 10.0 Å². The minimum atomic E-state index is -3.12. The van der Waals surface area contributed by atoms with Crippen molar-refractivity contribution in [3.8, 4) is 0 Å². The van der Waals surface area contributed by atoms with Crippen LogP contribution < -0.4 is 15.4 Å². The Morgan fingerprint density at radius 1 is 1.23 bits per heavy atom. The van der Waals surface area contributed by atoms with Crippen LogP contribution in [-0.2, 0) is 15.4 Å². The summed E-state index contributed by atoms with van der Waals surface area (Å²) in [5, 5.41) is 6.51. The lowest BCUT2D eigenvalue weighted by Crippen LogP contribution is -2.39. The number of sulfonamides is 1. The Balaban J connectivity index is 0.00000338. The van der Waals surface area contributed by atoms with E-state index in [9.17, 15) is 8.42 Å². The number of halogens is 2. The number of hydrogen-bond donors (Lipinski definition) is 3. The summed E-state index contributed by atoms with van der Waals surface area (Å²) in [6, 6.07) is 8.35. The number of benzene rings is 1. The highest BCUT2D eigenvalue weighted by Crippen LogP contribution is 2.50. The zero-order chi connectivity index (χ0) is 18.3. The van der Waals surface area contributed by atoms with Crippen molar-refractivity contribution < 1.29 is 8.42 Å². The van der Waals surface area contributed by atoms with Gasteiger partial charge in [-0.2, -0.15) is 0 Å². The molecule has 26 heavy (non-hydrogen) atoms. The summed E-state index contributed by atoms with van der Waals surface area (Å²) in [6.07, 6.45) is 4.17. The molecule has 1 aliphatic rings. The van der Waals surface area contributed by atoms with Gasteiger partial charge in [0.05, 0.1) is 12.8 Å². The van der Waals surface area contributed by atoms with Crippen LogP contribution in [0.15, 0.2) is 33.7 Å². The molecule has 0 amide bonds. The fraction of sp³-hybridized carbons (Fsp3) is 0.588. The average molecular weight is 559 g/mol. The molecule has 2 rings (SSSR count). The molecule has 1 aromatic rings. The van der Waals surface area contributed by atoms with Gasteiger partial charge in [0.25, 0.3) is 0 Å². The summed E-state index contributed by atoms with van der Waals surface area (Å²) in [7, 11) is -3.12. The van der Waals surface area contributed by atoms with Crippen LogP contribution in [0.5, 0.6) is 0 Å². The van der Waals surface area contributed by atoms with Gasteiger partial charge in [0, 0.05) is 29.5 Å². The number of rotatable bonds is 9. The first kappa shape index (κ1) is 23.6. The third-order valence-electron chi connectivity index (χ3n) is 4.19. The van der Waals surface area contributed by atoms with Gasteiger partial charge in [0.15, 0.2) is 5.96 Å². The summed E-state index contributed by atoms with van der Waals surface area (Å²) < 4.78 is 25.7. The normalized spacial score (nSPS) is 15.9. The number of aliphatic imine (C=N–C) groups is 1. The lowest BCUT2D eigenvalue weighted by atomic mass is 9.96. The van der Waals surface area contributed by atoms with E-state index in [2.05, 4.69) is 49.5 Å². The smallest absolute Gasteiger partial charge is 0.208 e. The van der Waals surface area contributed by atoms with Crippen LogP contribution in [0.4, 0.5) is 0 Å². The molecule has 0 saturated heterocycles. The van der Waals surface area contributed by atoms with Crippen molar-refractivity contribution in [3.05, 3.63) is 34.3 Å². The lowest BCUT2D eigenvalue weighted by Gasteiger charge is -2.17. The van der Waals surface area contributed by atoms with Crippen molar-refractivity contribution in [2.75, 3.05) is 32.4 Å². The van der Waals surface area contributed by atoms with Crippen LogP contribution in [0.2, 0.25) is 0 Å². The Morgan fingerprint density at radius 3 is 2.50 bits per heavy atom. The molecule has 0 bridgehead atoms. The van der Waals surface area contributed by atoms with E-state index >= 15 is 0 Å². The van der Waals surface area contributed by atoms with Gasteiger partial charge >= 0.3 is 0 Å². The molecule has 148 valence electrons. The molecule has 0 unspecified atom stereocenters. The van der Waals surface area contributed by atoms with Gasteiger partial charge in [-0.1, -0.05) is 34.1 Å². The third kappa shape index (κ3) is 7.69. The van der Waals surface area contributed by atoms with Crippen LogP contribution in [0.25, 0.3) is 0 Å². The highest BCUT2D eigenvalue weighted by Gasteiger charge is 2.45. The van der Waals surface area contributed by atoms with Crippen molar-refractivity contribution in [2.45, 2.75) is 31.6 Å². The Labute approximate surface area is 182 Å². The van der Waals surface area contributed by atoms with E-state index in [-0.39, 0.29) is 29.4 Å². The van der Waals surface area contributed by atoms with E-state index in [1.807, 2.05) is 13.0 Å². The van der Waals surface area contributed by atoms with Crippen LogP contribution in [-0.4, -0.2) is 46.8 Å². The fourth-order valence-electron chi connectivity index (χ4n) is 2.68. The van der Waals surface area contributed by atoms with Gasteiger partial charge in [0.1, 0.15) is 0 Å². The standard InChI is InChI=1S/C17H27BrN4O2S.HI/c1-3-19-16(20-11-6-12-22-25(2,23)24)21-13-17(9-10-17)14-7-4-5-8-15(14)18;/h4-5,7-8,22H,3,6,9-13H2,1-2H3,(H2,19,20,21);1H. The molecule has 1 fully saturated rings. The first-order chi connectivity index (χ1) is 11.9. The van der Waals surface area contributed by atoms with Gasteiger partial charge in [-0.05, 0) is 37.8 Å². The molecule has 0 aliphatic heterocycles. The first-order valence-electron chi connectivity index (χ1n) is 8.58. The molecular weight excluding hydrogens is 531 g/mol. The predicted octanol–water partition coefficient (Wildman–Crippen LogP) is 2.59. The van der Waals surface area contributed by atoms with Crippen molar-refractivity contribution >= 4 is 55.9 Å². The molecule has 1 aromatic carbocycles. The van der Waals surface area contributed by atoms with Gasteiger partial charge in [-0.25, -0.2) is 13.1 Å². The highest BCUT2D eigenvalue weighted by atomic mass is 127. The summed E-state index contributed by atoms with van der Waals surface area (Å²) in [5.74, 6) is 0.778. The number of nitrogens with zero attached hydrogens (tertiary/aromatic N) is 1. The van der Waals surface area contributed by atoms with Crippen molar-refractivity contribution in [1.29, 1.82) is 0 Å². The zero-order valence-electron chi connectivity index (χ0n) is 15.2. The lowest BCUT2D eigenvalue weighted by molar-refractivity contribution is 0.584. The minimum absolute atomic E-state index is 0. The van der Waals surface area contributed by atoms with E-state index in [1.165, 1.54) is 11.8 Å². The number of guanidine groups is 1. The molecular formula is C17H28BrIN4O2S. The van der Waals surface area contributed by atoms with Gasteiger partial charge in [-0.3, -0.25) is 4.99 Å². The van der Waals surface area contributed by atoms with Crippen molar-refractivity contribution in [2.24, 2.45) is 4.99 Å². The van der Waals surface area contributed by atoms with E-state index in [0.717, 1.165) is 36.4 Å². The summed E-state index contributed by atoms with van der Waals surface area (Å²) in [4.78, 5) is 4.75. The molecule has 0 atom stereocenters. The molecule has 0 aromatic heterocycles. The minimum Gasteiger partial charge on any atom is -0.357 e. The van der Waals surface area contributed by atoms with E-state index in [1.54, 1.807) is 0 Å². The Bertz CT molecular complexity index is 708. The summed E-state index contributed by atoms with van der Waals surface area (Å²) in [5.41, 5.74) is 1.47. The van der Waals surface area contributed by atoms with Crippen molar-refractivity contribution in [1.82, 2.24) is 15.4 Å². The molecule has 0 radical (unpaired) electrons. The molecule has 0 spiro atoms. The fourth-order valence-corrected chi connectivity index (χ4v) is 3.90. The maximum Gasteiger partial charge on any atom is 0.208 e. The predicted molar refractivity (Wildman–Crippen MR) is 122 cm³/mol. The molecule has 6 nitrogen and oxygen atoms in total.